The molecular weight excluding hydrogens is 193 g/mol. The molecule has 2 rings (SSSR count). The van der Waals surface area contributed by atoms with Gasteiger partial charge in [-0.05, 0) is 26.1 Å². The van der Waals surface area contributed by atoms with E-state index >= 15 is 0 Å². The Hall–Kier alpha value is -1.16. The lowest BCUT2D eigenvalue weighted by Gasteiger charge is -2.33. The van der Waals surface area contributed by atoms with Gasteiger partial charge in [0.25, 0.3) is 0 Å². The molecule has 0 aliphatic carbocycles. The van der Waals surface area contributed by atoms with E-state index in [9.17, 15) is 4.39 Å². The average molecular weight is 209 g/mol. The van der Waals surface area contributed by atoms with Crippen molar-refractivity contribution in [3.63, 3.8) is 0 Å². The predicted octanol–water partition coefficient (Wildman–Crippen LogP) is 1.28. The molecule has 82 valence electrons. The zero-order valence-electron chi connectivity index (χ0n) is 9.20. The van der Waals surface area contributed by atoms with Gasteiger partial charge in [0.05, 0.1) is 5.69 Å². The van der Waals surface area contributed by atoms with Crippen molar-refractivity contribution in [2.75, 3.05) is 38.1 Å². The van der Waals surface area contributed by atoms with Crippen LogP contribution < -0.4 is 4.90 Å². The highest BCUT2D eigenvalue weighted by Gasteiger charge is 2.17. The van der Waals surface area contributed by atoms with Crippen LogP contribution in [0, 0.1) is 12.9 Å². The molecule has 1 aromatic rings. The molecule has 0 radical (unpaired) electrons. The van der Waals surface area contributed by atoms with Crippen LogP contribution in [0.25, 0.3) is 0 Å². The van der Waals surface area contributed by atoms with Gasteiger partial charge in [-0.25, -0.2) is 4.98 Å². The molecule has 3 nitrogen and oxygen atoms in total. The molecule has 0 amide bonds. The van der Waals surface area contributed by atoms with Crippen molar-refractivity contribution in [3.8, 4) is 0 Å². The van der Waals surface area contributed by atoms with E-state index in [1.807, 2.05) is 12.1 Å². The number of likely N-dealkylation sites (N-methyl/N-ethyl adjacent to an activating group) is 1. The topological polar surface area (TPSA) is 19.4 Å². The summed E-state index contributed by atoms with van der Waals surface area (Å²) in [5, 5.41) is 0. The first-order valence-electron chi connectivity index (χ1n) is 5.23. The average Bonchev–Trinajstić information content (AvgIpc) is 2.20. The maximum Gasteiger partial charge on any atom is 0.236 e. The van der Waals surface area contributed by atoms with Gasteiger partial charge >= 0.3 is 0 Å². The summed E-state index contributed by atoms with van der Waals surface area (Å²) in [6.45, 7) is 5.51. The highest BCUT2D eigenvalue weighted by atomic mass is 19.1. The Morgan fingerprint density at radius 3 is 2.47 bits per heavy atom. The number of pyridine rings is 1. The van der Waals surface area contributed by atoms with Crippen LogP contribution in [0.3, 0.4) is 0 Å². The van der Waals surface area contributed by atoms with E-state index in [1.165, 1.54) is 0 Å². The molecule has 2 heterocycles. The van der Waals surface area contributed by atoms with Crippen LogP contribution in [0.2, 0.25) is 0 Å². The van der Waals surface area contributed by atoms with E-state index < -0.39 is 0 Å². The van der Waals surface area contributed by atoms with Crippen molar-refractivity contribution in [2.45, 2.75) is 6.92 Å². The molecule has 1 fully saturated rings. The second-order valence-electron chi connectivity index (χ2n) is 4.05. The van der Waals surface area contributed by atoms with Crippen LogP contribution in [-0.4, -0.2) is 43.1 Å². The second kappa shape index (κ2) is 4.14. The summed E-state index contributed by atoms with van der Waals surface area (Å²) in [5.41, 5.74) is 1.36. The largest absolute Gasteiger partial charge is 0.365 e. The van der Waals surface area contributed by atoms with Crippen molar-refractivity contribution in [1.82, 2.24) is 9.88 Å². The fourth-order valence-electron chi connectivity index (χ4n) is 1.80. The van der Waals surface area contributed by atoms with Crippen molar-refractivity contribution in [2.24, 2.45) is 0 Å². The molecule has 0 aromatic carbocycles. The van der Waals surface area contributed by atoms with Crippen LogP contribution in [-0.2, 0) is 0 Å². The van der Waals surface area contributed by atoms with Crippen molar-refractivity contribution < 1.29 is 4.39 Å². The highest BCUT2D eigenvalue weighted by Crippen LogP contribution is 2.19. The molecule has 1 aliphatic rings. The maximum absolute atomic E-state index is 13.6. The first-order chi connectivity index (χ1) is 7.16. The number of nitrogens with zero attached hydrogens (tertiary/aromatic N) is 3. The van der Waals surface area contributed by atoms with E-state index in [-0.39, 0.29) is 5.95 Å². The number of aryl methyl sites for hydroxylation is 1. The molecule has 0 saturated carbocycles. The number of hydrogen-bond acceptors (Lipinski definition) is 3. The molecule has 1 saturated heterocycles. The standard InChI is InChI=1S/C11H16FN3/c1-9-3-4-10(11(12)13-9)15-7-5-14(2)6-8-15/h3-4H,5-8H2,1-2H3. The number of anilines is 1. The molecule has 0 atom stereocenters. The Balaban J connectivity index is 2.15. The lowest BCUT2D eigenvalue weighted by atomic mass is 10.2. The zero-order chi connectivity index (χ0) is 10.8. The molecule has 1 aliphatic heterocycles. The van der Waals surface area contributed by atoms with Crippen molar-refractivity contribution >= 4 is 5.69 Å². The van der Waals surface area contributed by atoms with Gasteiger partial charge in [-0.2, -0.15) is 4.39 Å². The van der Waals surface area contributed by atoms with Gasteiger partial charge in [0, 0.05) is 31.9 Å². The summed E-state index contributed by atoms with van der Waals surface area (Å²) in [6.07, 6.45) is 0. The van der Waals surface area contributed by atoms with Gasteiger partial charge in [0.2, 0.25) is 5.95 Å². The second-order valence-corrected chi connectivity index (χ2v) is 4.05. The van der Waals surface area contributed by atoms with E-state index in [4.69, 9.17) is 0 Å². The molecule has 0 N–H and O–H groups in total. The number of rotatable bonds is 1. The summed E-state index contributed by atoms with van der Waals surface area (Å²) >= 11 is 0. The van der Waals surface area contributed by atoms with Crippen molar-refractivity contribution in [1.29, 1.82) is 0 Å². The highest BCUT2D eigenvalue weighted by molar-refractivity contribution is 5.46. The van der Waals surface area contributed by atoms with E-state index in [1.54, 1.807) is 6.92 Å². The summed E-state index contributed by atoms with van der Waals surface area (Å²) in [7, 11) is 2.08. The molecule has 0 bridgehead atoms. The fraction of sp³-hybridized carbons (Fsp3) is 0.545. The molecule has 4 heteroatoms. The van der Waals surface area contributed by atoms with Gasteiger partial charge < -0.3 is 9.80 Å². The van der Waals surface area contributed by atoms with Gasteiger partial charge in [0.15, 0.2) is 0 Å². The van der Waals surface area contributed by atoms with Crippen LogP contribution in [0.4, 0.5) is 10.1 Å². The first kappa shape index (κ1) is 10.4. The maximum atomic E-state index is 13.6. The van der Waals surface area contributed by atoms with Crippen LogP contribution in [0.5, 0.6) is 0 Å². The van der Waals surface area contributed by atoms with Crippen molar-refractivity contribution in [3.05, 3.63) is 23.8 Å². The fourth-order valence-corrected chi connectivity index (χ4v) is 1.80. The van der Waals surface area contributed by atoms with Gasteiger partial charge in [0.1, 0.15) is 0 Å². The summed E-state index contributed by atoms with van der Waals surface area (Å²) in [5.74, 6) is -0.348. The summed E-state index contributed by atoms with van der Waals surface area (Å²) in [6, 6.07) is 3.68. The third-order valence-corrected chi connectivity index (χ3v) is 2.81. The third kappa shape index (κ3) is 2.26. The van der Waals surface area contributed by atoms with Gasteiger partial charge in [-0.3, -0.25) is 0 Å². The number of aromatic nitrogens is 1. The minimum atomic E-state index is -0.348. The third-order valence-electron chi connectivity index (χ3n) is 2.81. The minimum absolute atomic E-state index is 0.348. The summed E-state index contributed by atoms with van der Waals surface area (Å²) in [4.78, 5) is 8.15. The monoisotopic (exact) mass is 209 g/mol. The lowest BCUT2D eigenvalue weighted by molar-refractivity contribution is 0.311. The van der Waals surface area contributed by atoms with Crippen LogP contribution in [0.15, 0.2) is 12.1 Å². The molecule has 1 aromatic heterocycles. The van der Waals surface area contributed by atoms with Crippen LogP contribution in [0.1, 0.15) is 5.69 Å². The normalized spacial score (nSPS) is 18.2. The number of hydrogen-bond donors (Lipinski definition) is 0. The molecule has 15 heavy (non-hydrogen) atoms. The lowest BCUT2D eigenvalue weighted by Crippen LogP contribution is -2.44. The van der Waals surface area contributed by atoms with E-state index in [0.717, 1.165) is 31.9 Å². The number of halogens is 1. The van der Waals surface area contributed by atoms with Gasteiger partial charge in [-0.1, -0.05) is 0 Å². The van der Waals surface area contributed by atoms with Gasteiger partial charge in [-0.15, -0.1) is 0 Å². The number of piperazine rings is 1. The van der Waals surface area contributed by atoms with E-state index in [2.05, 4.69) is 21.8 Å². The Kier molecular flexibility index (Phi) is 2.86. The smallest absolute Gasteiger partial charge is 0.236 e. The van der Waals surface area contributed by atoms with E-state index in [0.29, 0.717) is 5.69 Å². The zero-order valence-corrected chi connectivity index (χ0v) is 9.20. The molecular formula is C11H16FN3. The molecule has 0 spiro atoms. The first-order valence-corrected chi connectivity index (χ1v) is 5.23. The van der Waals surface area contributed by atoms with Crippen LogP contribution >= 0.6 is 0 Å². The Morgan fingerprint density at radius 2 is 1.87 bits per heavy atom. The quantitative estimate of drug-likeness (QED) is 0.649. The molecule has 0 unspecified atom stereocenters. The SMILES string of the molecule is Cc1ccc(N2CCN(C)CC2)c(F)n1. The Bertz CT molecular complexity index is 346. The Morgan fingerprint density at radius 1 is 1.20 bits per heavy atom. The Labute approximate surface area is 89.5 Å². The minimum Gasteiger partial charge on any atom is -0.365 e. The predicted molar refractivity (Wildman–Crippen MR) is 58.6 cm³/mol. The summed E-state index contributed by atoms with van der Waals surface area (Å²) < 4.78 is 13.6.